The van der Waals surface area contributed by atoms with Crippen LogP contribution in [-0.2, 0) is 10.9 Å². The van der Waals surface area contributed by atoms with Crippen molar-refractivity contribution in [3.8, 4) is 11.5 Å². The van der Waals surface area contributed by atoms with Gasteiger partial charge in [-0.05, 0) is 43.2 Å². The van der Waals surface area contributed by atoms with Crippen molar-refractivity contribution in [2.24, 2.45) is 0 Å². The molecule has 3 rings (SSSR count). The van der Waals surface area contributed by atoms with Gasteiger partial charge in [-0.2, -0.15) is 13.2 Å². The minimum absolute atomic E-state index is 0.0460. The molecule has 162 valence electrons. The zero-order valence-corrected chi connectivity index (χ0v) is 17.0. The first kappa shape index (κ1) is 22.2. The quantitative estimate of drug-likeness (QED) is 0.307. The van der Waals surface area contributed by atoms with Gasteiger partial charge < -0.3 is 14.2 Å². The van der Waals surface area contributed by atoms with Crippen LogP contribution in [0.15, 0.2) is 48.5 Å². The van der Waals surface area contributed by atoms with E-state index in [1.165, 1.54) is 0 Å². The average Bonchev–Trinajstić information content (AvgIpc) is 2.68. The number of para-hydroxylation sites is 1. The number of alkyl halides is 3. The Hall–Kier alpha value is -2.54. The monoisotopic (exact) mass is 422 g/mol. The fourth-order valence-corrected chi connectivity index (χ4v) is 3.50. The second-order valence-electron chi connectivity index (χ2n) is 7.79. The first-order valence-corrected chi connectivity index (χ1v) is 9.99. The summed E-state index contributed by atoms with van der Waals surface area (Å²) in [6.07, 6.45) is 0.174. The van der Waals surface area contributed by atoms with Gasteiger partial charge in [0.25, 0.3) is 0 Å². The van der Waals surface area contributed by atoms with Gasteiger partial charge in [-0.1, -0.05) is 37.5 Å². The van der Waals surface area contributed by atoms with E-state index in [0.717, 1.165) is 50.3 Å². The van der Waals surface area contributed by atoms with E-state index in [4.69, 9.17) is 14.2 Å². The van der Waals surface area contributed by atoms with Crippen LogP contribution in [0.3, 0.4) is 0 Å². The number of ether oxygens (including phenoxy) is 3. The third kappa shape index (κ3) is 5.98. The molecular weight excluding hydrogens is 397 g/mol. The molecule has 1 aliphatic rings. The molecule has 2 aromatic carbocycles. The number of carbonyl (C=O) groups excluding carboxylic acids is 1. The second kappa shape index (κ2) is 9.08. The molecule has 0 atom stereocenters. The molecule has 30 heavy (non-hydrogen) atoms. The van der Waals surface area contributed by atoms with Crippen LogP contribution >= 0.6 is 0 Å². The molecule has 0 unspecified atom stereocenters. The molecule has 0 saturated heterocycles. The van der Waals surface area contributed by atoms with Crippen molar-refractivity contribution < 1.29 is 32.2 Å². The van der Waals surface area contributed by atoms with E-state index in [-0.39, 0.29) is 11.7 Å². The molecule has 2 aromatic rings. The minimum atomic E-state index is -4.64. The molecule has 0 heterocycles. The molecule has 7 heteroatoms. The van der Waals surface area contributed by atoms with Gasteiger partial charge >= 0.3 is 12.1 Å². The molecule has 1 fully saturated rings. The normalized spacial score (nSPS) is 15.6. The molecule has 0 aromatic heterocycles. The van der Waals surface area contributed by atoms with Crippen LogP contribution in [0.5, 0.6) is 11.5 Å². The van der Waals surface area contributed by atoms with Crippen LogP contribution in [0.2, 0.25) is 0 Å². The molecule has 0 spiro atoms. The zero-order valence-electron chi connectivity index (χ0n) is 17.0. The summed E-state index contributed by atoms with van der Waals surface area (Å²) in [4.78, 5) is 12.4. The SMILES string of the molecule is CC(C)(Oc1cc(C(=O)Oc2ccccc2)ccc1C(F)(F)F)OC1CCCCC1. The summed E-state index contributed by atoms with van der Waals surface area (Å²) < 4.78 is 57.4. The van der Waals surface area contributed by atoms with Crippen LogP contribution in [-0.4, -0.2) is 17.9 Å². The number of hydrogen-bond acceptors (Lipinski definition) is 4. The Bertz CT molecular complexity index is 856. The molecule has 0 amide bonds. The number of benzene rings is 2. The lowest BCUT2D eigenvalue weighted by Gasteiger charge is -2.34. The zero-order chi connectivity index (χ0) is 21.8. The van der Waals surface area contributed by atoms with Crippen molar-refractivity contribution in [1.29, 1.82) is 0 Å². The molecule has 0 bridgehead atoms. The average molecular weight is 422 g/mol. The van der Waals surface area contributed by atoms with Gasteiger partial charge in [0.2, 0.25) is 5.79 Å². The lowest BCUT2D eigenvalue weighted by atomic mass is 9.97. The van der Waals surface area contributed by atoms with Gasteiger partial charge in [-0.15, -0.1) is 0 Å². The lowest BCUT2D eigenvalue weighted by Crippen LogP contribution is -2.37. The minimum Gasteiger partial charge on any atom is -0.462 e. The Labute approximate surface area is 173 Å². The Kier molecular flexibility index (Phi) is 6.71. The van der Waals surface area contributed by atoms with Crippen LogP contribution in [0.1, 0.15) is 61.9 Å². The van der Waals surface area contributed by atoms with Crippen molar-refractivity contribution in [2.75, 3.05) is 0 Å². The van der Waals surface area contributed by atoms with Crippen molar-refractivity contribution >= 4 is 5.97 Å². The molecular formula is C23H25F3O4. The van der Waals surface area contributed by atoms with Gasteiger partial charge in [-0.3, -0.25) is 0 Å². The first-order chi connectivity index (χ1) is 14.1. The largest absolute Gasteiger partial charge is 0.462 e. The highest BCUT2D eigenvalue weighted by Gasteiger charge is 2.37. The van der Waals surface area contributed by atoms with E-state index in [1.807, 2.05) is 0 Å². The maximum absolute atomic E-state index is 13.5. The first-order valence-electron chi connectivity index (χ1n) is 9.99. The van der Waals surface area contributed by atoms with Gasteiger partial charge in [0, 0.05) is 13.8 Å². The van der Waals surface area contributed by atoms with E-state index < -0.39 is 29.2 Å². The summed E-state index contributed by atoms with van der Waals surface area (Å²) in [5.74, 6) is -2.23. The van der Waals surface area contributed by atoms with Gasteiger partial charge in [0.15, 0.2) is 0 Å². The number of hydrogen-bond donors (Lipinski definition) is 0. The van der Waals surface area contributed by atoms with E-state index in [9.17, 15) is 18.0 Å². The van der Waals surface area contributed by atoms with Crippen molar-refractivity contribution in [3.05, 3.63) is 59.7 Å². The summed E-state index contributed by atoms with van der Waals surface area (Å²) >= 11 is 0. The van der Waals surface area contributed by atoms with E-state index in [0.29, 0.717) is 5.75 Å². The lowest BCUT2D eigenvalue weighted by molar-refractivity contribution is -0.197. The second-order valence-corrected chi connectivity index (χ2v) is 7.79. The topological polar surface area (TPSA) is 44.8 Å². The molecule has 1 saturated carbocycles. The summed E-state index contributed by atoms with van der Waals surface area (Å²) in [5, 5.41) is 0. The molecule has 0 aliphatic heterocycles. The van der Waals surface area contributed by atoms with Crippen LogP contribution < -0.4 is 9.47 Å². The van der Waals surface area contributed by atoms with Crippen molar-refractivity contribution in [3.63, 3.8) is 0 Å². The Balaban J connectivity index is 1.83. The summed E-state index contributed by atoms with van der Waals surface area (Å²) in [6, 6.07) is 11.3. The van der Waals surface area contributed by atoms with Crippen LogP contribution in [0.25, 0.3) is 0 Å². The van der Waals surface area contributed by atoms with E-state index in [2.05, 4.69) is 0 Å². The molecule has 1 aliphatic carbocycles. The highest BCUT2D eigenvalue weighted by Crippen LogP contribution is 2.39. The van der Waals surface area contributed by atoms with Crippen molar-refractivity contribution in [1.82, 2.24) is 0 Å². The fraction of sp³-hybridized carbons (Fsp3) is 0.435. The number of halogens is 3. The Morgan fingerprint density at radius 2 is 1.63 bits per heavy atom. The number of carbonyl (C=O) groups is 1. The van der Waals surface area contributed by atoms with Crippen LogP contribution in [0, 0.1) is 0 Å². The Morgan fingerprint density at radius 1 is 0.967 bits per heavy atom. The van der Waals surface area contributed by atoms with E-state index >= 15 is 0 Å². The highest BCUT2D eigenvalue weighted by molar-refractivity contribution is 5.91. The summed E-state index contributed by atoms with van der Waals surface area (Å²) in [7, 11) is 0. The predicted molar refractivity (Wildman–Crippen MR) is 106 cm³/mol. The summed E-state index contributed by atoms with van der Waals surface area (Å²) in [6.45, 7) is 3.16. The van der Waals surface area contributed by atoms with E-state index in [1.54, 1.807) is 44.2 Å². The highest BCUT2D eigenvalue weighted by atomic mass is 19.4. The molecule has 0 N–H and O–H groups in total. The standard InChI is InChI=1S/C23H25F3O4/c1-22(2,29-18-11-7-4-8-12-18)30-20-15-16(13-14-19(20)23(24,25)26)21(27)28-17-9-5-3-6-10-17/h3,5-6,9-10,13-15,18H,4,7-8,11-12H2,1-2H3. The van der Waals surface area contributed by atoms with Gasteiger partial charge in [-0.25, -0.2) is 4.79 Å². The fourth-order valence-electron chi connectivity index (χ4n) is 3.50. The van der Waals surface area contributed by atoms with Gasteiger partial charge in [0.1, 0.15) is 11.5 Å². The van der Waals surface area contributed by atoms with Crippen LogP contribution in [0.4, 0.5) is 13.2 Å². The maximum atomic E-state index is 13.5. The smallest absolute Gasteiger partial charge is 0.419 e. The number of esters is 1. The number of rotatable bonds is 6. The maximum Gasteiger partial charge on any atom is 0.419 e. The molecule has 0 radical (unpaired) electrons. The summed E-state index contributed by atoms with van der Waals surface area (Å²) in [5.41, 5.74) is -1.02. The Morgan fingerprint density at radius 3 is 2.27 bits per heavy atom. The molecule has 4 nitrogen and oxygen atoms in total. The van der Waals surface area contributed by atoms with Gasteiger partial charge in [0.05, 0.1) is 17.2 Å². The van der Waals surface area contributed by atoms with Crippen molar-refractivity contribution in [2.45, 2.75) is 64.0 Å². The predicted octanol–water partition coefficient (Wildman–Crippen LogP) is 6.39. The third-order valence-corrected chi connectivity index (χ3v) is 4.83. The third-order valence-electron chi connectivity index (χ3n) is 4.83.